The smallest absolute Gasteiger partial charge is 0.126 e. The van der Waals surface area contributed by atoms with Gasteiger partial charge >= 0.3 is 0 Å². The molecule has 1 saturated carbocycles. The van der Waals surface area contributed by atoms with E-state index in [2.05, 4.69) is 5.32 Å². The van der Waals surface area contributed by atoms with Crippen molar-refractivity contribution in [3.8, 4) is 0 Å². The number of hydrogen-bond acceptors (Lipinski definition) is 1. The Kier molecular flexibility index (Phi) is 3.00. The number of benzene rings is 1. The van der Waals surface area contributed by atoms with Crippen LogP contribution in [0.5, 0.6) is 0 Å². The van der Waals surface area contributed by atoms with Gasteiger partial charge in [0.05, 0.1) is 0 Å². The maximum atomic E-state index is 13.1. The van der Waals surface area contributed by atoms with E-state index in [0.717, 1.165) is 30.9 Å². The SMILES string of the molecule is CNC1CCCC1c1cc(F)cc(F)c1. The highest BCUT2D eigenvalue weighted by molar-refractivity contribution is 5.24. The van der Waals surface area contributed by atoms with E-state index in [9.17, 15) is 8.78 Å². The molecule has 1 aliphatic rings. The highest BCUT2D eigenvalue weighted by Crippen LogP contribution is 2.34. The molecule has 0 aliphatic heterocycles. The van der Waals surface area contributed by atoms with Crippen molar-refractivity contribution in [2.45, 2.75) is 31.2 Å². The van der Waals surface area contributed by atoms with Crippen molar-refractivity contribution in [3.63, 3.8) is 0 Å². The summed E-state index contributed by atoms with van der Waals surface area (Å²) in [7, 11) is 1.90. The van der Waals surface area contributed by atoms with Crippen molar-refractivity contribution in [2.24, 2.45) is 0 Å². The van der Waals surface area contributed by atoms with Gasteiger partial charge in [-0.3, -0.25) is 0 Å². The predicted octanol–water partition coefficient (Wildman–Crippen LogP) is 2.82. The van der Waals surface area contributed by atoms with E-state index in [-0.39, 0.29) is 5.92 Å². The van der Waals surface area contributed by atoms with Gasteiger partial charge in [0.1, 0.15) is 11.6 Å². The highest BCUT2D eigenvalue weighted by Gasteiger charge is 2.27. The van der Waals surface area contributed by atoms with E-state index in [4.69, 9.17) is 0 Å². The molecule has 1 fully saturated rings. The van der Waals surface area contributed by atoms with E-state index >= 15 is 0 Å². The minimum absolute atomic E-state index is 0.250. The van der Waals surface area contributed by atoms with E-state index in [1.54, 1.807) is 0 Å². The first-order chi connectivity index (χ1) is 7.20. The van der Waals surface area contributed by atoms with Crippen LogP contribution in [0.4, 0.5) is 8.78 Å². The Labute approximate surface area is 88.5 Å². The van der Waals surface area contributed by atoms with Crippen molar-refractivity contribution < 1.29 is 8.78 Å². The molecular formula is C12H15F2N. The van der Waals surface area contributed by atoms with Crippen LogP contribution in [0, 0.1) is 11.6 Å². The van der Waals surface area contributed by atoms with Crippen LogP contribution in [-0.2, 0) is 0 Å². The maximum absolute atomic E-state index is 13.1. The Hall–Kier alpha value is -0.960. The zero-order chi connectivity index (χ0) is 10.8. The summed E-state index contributed by atoms with van der Waals surface area (Å²) in [5.74, 6) is -0.710. The van der Waals surface area contributed by atoms with Gasteiger partial charge in [0.2, 0.25) is 0 Å². The lowest BCUT2D eigenvalue weighted by atomic mass is 9.94. The zero-order valence-corrected chi connectivity index (χ0v) is 8.76. The minimum atomic E-state index is -0.480. The topological polar surface area (TPSA) is 12.0 Å². The average molecular weight is 211 g/mol. The zero-order valence-electron chi connectivity index (χ0n) is 8.76. The molecule has 0 bridgehead atoms. The number of likely N-dealkylation sites (N-methyl/N-ethyl adjacent to an activating group) is 1. The standard InChI is InChI=1S/C12H15F2N/c1-15-12-4-2-3-11(12)8-5-9(13)7-10(14)6-8/h5-7,11-12,15H,2-4H2,1H3. The molecule has 0 heterocycles. The Morgan fingerprint density at radius 1 is 1.13 bits per heavy atom. The summed E-state index contributed by atoms with van der Waals surface area (Å²) in [5, 5.41) is 3.21. The van der Waals surface area contributed by atoms with Crippen molar-refractivity contribution in [1.82, 2.24) is 5.32 Å². The van der Waals surface area contributed by atoms with Crippen LogP contribution in [0.2, 0.25) is 0 Å². The normalized spacial score (nSPS) is 25.8. The Morgan fingerprint density at radius 2 is 1.80 bits per heavy atom. The Morgan fingerprint density at radius 3 is 2.40 bits per heavy atom. The van der Waals surface area contributed by atoms with E-state index in [0.29, 0.717) is 6.04 Å². The lowest BCUT2D eigenvalue weighted by Crippen LogP contribution is -2.27. The van der Waals surface area contributed by atoms with Crippen molar-refractivity contribution >= 4 is 0 Å². The fraction of sp³-hybridized carbons (Fsp3) is 0.500. The molecule has 1 N–H and O–H groups in total. The highest BCUT2D eigenvalue weighted by atomic mass is 19.1. The van der Waals surface area contributed by atoms with Gasteiger partial charge in [0, 0.05) is 12.1 Å². The molecule has 2 atom stereocenters. The summed E-state index contributed by atoms with van der Waals surface area (Å²) in [6, 6.07) is 4.17. The third-order valence-electron chi connectivity index (χ3n) is 3.20. The molecule has 1 aliphatic carbocycles. The van der Waals surface area contributed by atoms with Crippen LogP contribution in [0.25, 0.3) is 0 Å². The van der Waals surface area contributed by atoms with E-state index in [1.165, 1.54) is 12.1 Å². The lowest BCUT2D eigenvalue weighted by Gasteiger charge is -2.19. The van der Waals surface area contributed by atoms with Crippen molar-refractivity contribution in [2.75, 3.05) is 7.05 Å². The quantitative estimate of drug-likeness (QED) is 0.793. The summed E-state index contributed by atoms with van der Waals surface area (Å²) in [6.07, 6.45) is 3.21. The van der Waals surface area contributed by atoms with Crippen LogP contribution in [0.1, 0.15) is 30.7 Å². The second-order valence-corrected chi connectivity index (χ2v) is 4.14. The van der Waals surface area contributed by atoms with Crippen molar-refractivity contribution in [1.29, 1.82) is 0 Å². The molecule has 0 amide bonds. The molecule has 2 rings (SSSR count). The van der Waals surface area contributed by atoms with Crippen LogP contribution in [0.15, 0.2) is 18.2 Å². The molecular weight excluding hydrogens is 196 g/mol. The molecule has 1 nitrogen and oxygen atoms in total. The average Bonchev–Trinajstić information content (AvgIpc) is 2.63. The summed E-state index contributed by atoms with van der Waals surface area (Å²) in [6.45, 7) is 0. The molecule has 0 aromatic heterocycles. The van der Waals surface area contributed by atoms with Crippen LogP contribution in [-0.4, -0.2) is 13.1 Å². The third kappa shape index (κ3) is 2.17. The van der Waals surface area contributed by atoms with E-state index < -0.39 is 11.6 Å². The summed E-state index contributed by atoms with van der Waals surface area (Å²) in [5.41, 5.74) is 0.782. The van der Waals surface area contributed by atoms with E-state index in [1.807, 2.05) is 7.05 Å². The molecule has 82 valence electrons. The second-order valence-electron chi connectivity index (χ2n) is 4.14. The Balaban J connectivity index is 2.28. The summed E-state index contributed by atoms with van der Waals surface area (Å²) in [4.78, 5) is 0. The lowest BCUT2D eigenvalue weighted by molar-refractivity contribution is 0.512. The second kappa shape index (κ2) is 4.27. The van der Waals surface area contributed by atoms with Gasteiger partial charge < -0.3 is 5.32 Å². The van der Waals surface area contributed by atoms with Crippen LogP contribution < -0.4 is 5.32 Å². The molecule has 0 spiro atoms. The molecule has 1 aromatic rings. The minimum Gasteiger partial charge on any atom is -0.316 e. The number of halogens is 2. The Bertz CT molecular complexity index is 331. The molecule has 2 unspecified atom stereocenters. The maximum Gasteiger partial charge on any atom is 0.126 e. The van der Waals surface area contributed by atoms with Gasteiger partial charge in [-0.05, 0) is 43.5 Å². The van der Waals surface area contributed by atoms with Gasteiger partial charge in [0.25, 0.3) is 0 Å². The molecule has 0 saturated heterocycles. The monoisotopic (exact) mass is 211 g/mol. The fourth-order valence-corrected chi connectivity index (χ4v) is 2.49. The molecule has 3 heteroatoms. The van der Waals surface area contributed by atoms with Gasteiger partial charge in [-0.25, -0.2) is 8.78 Å². The fourth-order valence-electron chi connectivity index (χ4n) is 2.49. The third-order valence-corrected chi connectivity index (χ3v) is 3.20. The van der Waals surface area contributed by atoms with Crippen LogP contribution in [0.3, 0.4) is 0 Å². The molecule has 0 radical (unpaired) electrons. The van der Waals surface area contributed by atoms with Crippen LogP contribution >= 0.6 is 0 Å². The largest absolute Gasteiger partial charge is 0.316 e. The van der Waals surface area contributed by atoms with Crippen molar-refractivity contribution in [3.05, 3.63) is 35.4 Å². The first kappa shape index (κ1) is 10.6. The number of nitrogens with one attached hydrogen (secondary N) is 1. The predicted molar refractivity (Wildman–Crippen MR) is 55.8 cm³/mol. The van der Waals surface area contributed by atoms with Gasteiger partial charge in [-0.2, -0.15) is 0 Å². The summed E-state index contributed by atoms with van der Waals surface area (Å²) < 4.78 is 26.1. The summed E-state index contributed by atoms with van der Waals surface area (Å²) >= 11 is 0. The van der Waals surface area contributed by atoms with Gasteiger partial charge in [-0.1, -0.05) is 6.42 Å². The first-order valence-corrected chi connectivity index (χ1v) is 5.34. The molecule has 15 heavy (non-hydrogen) atoms. The van der Waals surface area contributed by atoms with Gasteiger partial charge in [0.15, 0.2) is 0 Å². The first-order valence-electron chi connectivity index (χ1n) is 5.34. The van der Waals surface area contributed by atoms with Gasteiger partial charge in [-0.15, -0.1) is 0 Å². The number of hydrogen-bond donors (Lipinski definition) is 1. The number of rotatable bonds is 2. The molecule has 1 aromatic carbocycles.